The van der Waals surface area contributed by atoms with E-state index in [1.807, 2.05) is 4.90 Å². The van der Waals surface area contributed by atoms with Crippen LogP contribution in [0.5, 0.6) is 5.88 Å². The van der Waals surface area contributed by atoms with Crippen molar-refractivity contribution in [1.29, 1.82) is 5.26 Å². The van der Waals surface area contributed by atoms with E-state index in [2.05, 4.69) is 16.0 Å². The van der Waals surface area contributed by atoms with Crippen molar-refractivity contribution in [3.63, 3.8) is 0 Å². The number of hydrogen-bond acceptors (Lipinski definition) is 6. The second-order valence-corrected chi connectivity index (χ2v) is 5.34. The minimum Gasteiger partial charge on any atom is -0.481 e. The number of aromatic nitrogens is 2. The molecule has 130 valence electrons. The Labute approximate surface area is 152 Å². The predicted octanol–water partition coefficient (Wildman–Crippen LogP) is 1.74. The summed E-state index contributed by atoms with van der Waals surface area (Å²) in [6.45, 7) is 2.37. The van der Waals surface area contributed by atoms with E-state index in [4.69, 9.17) is 10.00 Å². The first-order valence-corrected chi connectivity index (χ1v) is 7.63. The van der Waals surface area contributed by atoms with Gasteiger partial charge in [-0.3, -0.25) is 4.79 Å². The Morgan fingerprint density at radius 1 is 1.20 bits per heavy atom. The average molecular weight is 360 g/mol. The van der Waals surface area contributed by atoms with E-state index in [1.54, 1.807) is 48.5 Å². The molecule has 0 aliphatic carbocycles. The predicted molar refractivity (Wildman–Crippen MR) is 95.1 cm³/mol. The van der Waals surface area contributed by atoms with Crippen LogP contribution in [0.2, 0.25) is 0 Å². The van der Waals surface area contributed by atoms with Gasteiger partial charge in [-0.1, -0.05) is 12.1 Å². The molecular weight excluding hydrogens is 342 g/mol. The molecule has 1 aliphatic heterocycles. The lowest BCUT2D eigenvalue weighted by Crippen LogP contribution is -2.49. The number of amides is 1. The number of piperazine rings is 1. The summed E-state index contributed by atoms with van der Waals surface area (Å²) < 4.78 is 5.12. The van der Waals surface area contributed by atoms with Crippen molar-refractivity contribution < 1.29 is 9.53 Å². The molecule has 1 saturated heterocycles. The Kier molecular flexibility index (Phi) is 6.14. The van der Waals surface area contributed by atoms with Gasteiger partial charge in [0.15, 0.2) is 0 Å². The Bertz CT molecular complexity index is 785. The summed E-state index contributed by atoms with van der Waals surface area (Å²) in [4.78, 5) is 25.0. The summed E-state index contributed by atoms with van der Waals surface area (Å²) in [6.07, 6.45) is 1.65. The molecule has 3 rings (SSSR count). The number of anilines is 1. The molecule has 0 spiro atoms. The number of hydrogen-bond donors (Lipinski definition) is 0. The van der Waals surface area contributed by atoms with Crippen LogP contribution in [0, 0.1) is 11.3 Å². The van der Waals surface area contributed by atoms with Crippen molar-refractivity contribution >= 4 is 24.3 Å². The molecule has 0 atom stereocenters. The first-order valence-electron chi connectivity index (χ1n) is 7.63. The van der Waals surface area contributed by atoms with Crippen LogP contribution in [0.4, 0.5) is 5.95 Å². The fourth-order valence-electron chi connectivity index (χ4n) is 2.65. The summed E-state index contributed by atoms with van der Waals surface area (Å²) in [5.41, 5.74) is 0.854. The molecule has 1 aromatic heterocycles. The fourth-order valence-corrected chi connectivity index (χ4v) is 2.65. The van der Waals surface area contributed by atoms with E-state index in [1.165, 1.54) is 0 Å². The second kappa shape index (κ2) is 8.31. The Morgan fingerprint density at radius 3 is 2.60 bits per heavy atom. The fraction of sp³-hybridized carbons (Fsp3) is 0.294. The van der Waals surface area contributed by atoms with Crippen LogP contribution in [0.3, 0.4) is 0 Å². The zero-order chi connectivity index (χ0) is 16.9. The summed E-state index contributed by atoms with van der Waals surface area (Å²) in [6, 6.07) is 10.7. The summed E-state index contributed by atoms with van der Waals surface area (Å²) in [5, 5.41) is 9.15. The van der Waals surface area contributed by atoms with Crippen LogP contribution in [0.15, 0.2) is 36.5 Å². The molecule has 2 heterocycles. The van der Waals surface area contributed by atoms with Gasteiger partial charge in [0.2, 0.25) is 11.8 Å². The first-order chi connectivity index (χ1) is 11.7. The van der Waals surface area contributed by atoms with Crippen LogP contribution in [0.1, 0.15) is 15.9 Å². The number of methoxy groups -OCH3 is 1. The molecular formula is C17H18ClN5O2. The third kappa shape index (κ3) is 3.98. The Morgan fingerprint density at radius 2 is 1.92 bits per heavy atom. The Hall–Kier alpha value is -2.85. The molecule has 8 heteroatoms. The Balaban J connectivity index is 0.00000225. The SMILES string of the molecule is COc1ccnc(N2CCN(C(=O)c3ccccc3C#N)CC2)n1.Cl. The first kappa shape index (κ1) is 18.5. The number of ether oxygens (including phenoxy) is 1. The molecule has 1 aromatic carbocycles. The van der Waals surface area contributed by atoms with Crippen LogP contribution in [-0.4, -0.2) is 54.1 Å². The number of carbonyl (C=O) groups excluding carboxylic acids is 1. The van der Waals surface area contributed by atoms with Gasteiger partial charge in [-0.05, 0) is 12.1 Å². The third-order valence-corrected chi connectivity index (χ3v) is 3.95. The van der Waals surface area contributed by atoms with Gasteiger partial charge in [-0.15, -0.1) is 12.4 Å². The largest absolute Gasteiger partial charge is 0.481 e. The molecule has 25 heavy (non-hydrogen) atoms. The number of nitriles is 1. The maximum atomic E-state index is 12.6. The van der Waals surface area contributed by atoms with E-state index in [-0.39, 0.29) is 18.3 Å². The van der Waals surface area contributed by atoms with Crippen molar-refractivity contribution in [1.82, 2.24) is 14.9 Å². The minimum atomic E-state index is -0.113. The van der Waals surface area contributed by atoms with Crippen molar-refractivity contribution in [2.45, 2.75) is 0 Å². The standard InChI is InChI=1S/C17H17N5O2.ClH/c1-24-15-6-7-19-17(20-15)22-10-8-21(9-11-22)16(23)14-5-3-2-4-13(14)12-18;/h2-7H,8-11H2,1H3;1H. The quantitative estimate of drug-likeness (QED) is 0.830. The van der Waals surface area contributed by atoms with E-state index < -0.39 is 0 Å². The lowest BCUT2D eigenvalue weighted by Gasteiger charge is -2.34. The lowest BCUT2D eigenvalue weighted by molar-refractivity contribution is 0.0746. The van der Waals surface area contributed by atoms with E-state index in [0.29, 0.717) is 49.1 Å². The number of benzene rings is 1. The minimum absolute atomic E-state index is 0. The molecule has 0 saturated carbocycles. The van der Waals surface area contributed by atoms with E-state index >= 15 is 0 Å². The van der Waals surface area contributed by atoms with Gasteiger partial charge in [-0.25, -0.2) is 4.98 Å². The molecule has 7 nitrogen and oxygen atoms in total. The maximum absolute atomic E-state index is 12.6. The van der Waals surface area contributed by atoms with Gasteiger partial charge in [0.05, 0.1) is 24.3 Å². The van der Waals surface area contributed by atoms with Crippen molar-refractivity contribution in [3.05, 3.63) is 47.7 Å². The molecule has 1 amide bonds. The summed E-state index contributed by atoms with van der Waals surface area (Å²) in [7, 11) is 1.56. The molecule has 1 aliphatic rings. The maximum Gasteiger partial charge on any atom is 0.255 e. The van der Waals surface area contributed by atoms with Crippen LogP contribution < -0.4 is 9.64 Å². The van der Waals surface area contributed by atoms with Crippen LogP contribution >= 0.6 is 12.4 Å². The van der Waals surface area contributed by atoms with Gasteiger partial charge >= 0.3 is 0 Å². The smallest absolute Gasteiger partial charge is 0.255 e. The number of rotatable bonds is 3. The van der Waals surface area contributed by atoms with Crippen molar-refractivity contribution in [3.8, 4) is 11.9 Å². The highest BCUT2D eigenvalue weighted by atomic mass is 35.5. The number of halogens is 1. The van der Waals surface area contributed by atoms with E-state index in [0.717, 1.165) is 0 Å². The highest BCUT2D eigenvalue weighted by Crippen LogP contribution is 2.17. The molecule has 0 unspecified atom stereocenters. The summed E-state index contributed by atoms with van der Waals surface area (Å²) >= 11 is 0. The highest BCUT2D eigenvalue weighted by molar-refractivity contribution is 5.96. The van der Waals surface area contributed by atoms with Gasteiger partial charge in [0.25, 0.3) is 5.91 Å². The summed E-state index contributed by atoms with van der Waals surface area (Å²) in [5.74, 6) is 0.999. The van der Waals surface area contributed by atoms with Gasteiger partial charge < -0.3 is 14.5 Å². The molecule has 2 aromatic rings. The van der Waals surface area contributed by atoms with Crippen molar-refractivity contribution in [2.24, 2.45) is 0 Å². The van der Waals surface area contributed by atoms with Gasteiger partial charge in [0, 0.05) is 38.4 Å². The van der Waals surface area contributed by atoms with Gasteiger partial charge in [0.1, 0.15) is 0 Å². The molecule has 1 fully saturated rings. The molecule has 0 bridgehead atoms. The third-order valence-electron chi connectivity index (χ3n) is 3.95. The average Bonchev–Trinajstić information content (AvgIpc) is 2.67. The van der Waals surface area contributed by atoms with E-state index in [9.17, 15) is 4.79 Å². The van der Waals surface area contributed by atoms with Gasteiger partial charge in [-0.2, -0.15) is 10.2 Å². The van der Waals surface area contributed by atoms with Crippen LogP contribution in [-0.2, 0) is 0 Å². The topological polar surface area (TPSA) is 82.4 Å². The monoisotopic (exact) mass is 359 g/mol. The molecule has 0 N–H and O–H groups in total. The zero-order valence-corrected chi connectivity index (χ0v) is 14.6. The second-order valence-electron chi connectivity index (χ2n) is 5.34. The van der Waals surface area contributed by atoms with Crippen molar-refractivity contribution in [2.75, 3.05) is 38.2 Å². The number of nitrogens with zero attached hydrogens (tertiary/aromatic N) is 5. The number of carbonyl (C=O) groups is 1. The zero-order valence-electron chi connectivity index (χ0n) is 13.8. The molecule has 0 radical (unpaired) electrons. The highest BCUT2D eigenvalue weighted by Gasteiger charge is 2.24. The van der Waals surface area contributed by atoms with Crippen LogP contribution in [0.25, 0.3) is 0 Å². The lowest BCUT2D eigenvalue weighted by atomic mass is 10.1. The normalized spacial score (nSPS) is 13.6.